The third-order valence-electron chi connectivity index (χ3n) is 3.02. The molecule has 2 aromatic rings. The van der Waals surface area contributed by atoms with E-state index in [-0.39, 0.29) is 5.82 Å². The van der Waals surface area contributed by atoms with E-state index in [0.717, 1.165) is 18.7 Å². The first-order chi connectivity index (χ1) is 7.83. The van der Waals surface area contributed by atoms with Crippen LogP contribution in [0.2, 0.25) is 0 Å². The quantitative estimate of drug-likeness (QED) is 0.793. The molecule has 1 aliphatic heterocycles. The Bertz CT molecular complexity index is 493. The smallest absolute Gasteiger partial charge is 0.125 e. The Morgan fingerprint density at radius 1 is 1.31 bits per heavy atom. The molecule has 2 heterocycles. The fourth-order valence-electron chi connectivity index (χ4n) is 2.19. The second-order valence-corrected chi connectivity index (χ2v) is 5.08. The second kappa shape index (κ2) is 3.91. The summed E-state index contributed by atoms with van der Waals surface area (Å²) < 4.78 is 13.0. The molecule has 1 unspecified atom stereocenters. The fourth-order valence-corrected chi connectivity index (χ4v) is 3.02. The standard InChI is InChI=1S/C13H12FNS/c14-11-4-3-9-6-10(8-15-12(9)7-11)13-2-1-5-16-13/h1-5,7,10,15H,6,8H2. The van der Waals surface area contributed by atoms with E-state index in [1.54, 1.807) is 17.4 Å². The molecule has 0 bridgehead atoms. The van der Waals surface area contributed by atoms with Crippen molar-refractivity contribution in [2.45, 2.75) is 12.3 Å². The number of thiophene rings is 1. The minimum atomic E-state index is -0.166. The molecule has 1 atom stereocenters. The van der Waals surface area contributed by atoms with Crippen LogP contribution in [-0.2, 0) is 6.42 Å². The van der Waals surface area contributed by atoms with Crippen LogP contribution in [0, 0.1) is 5.82 Å². The van der Waals surface area contributed by atoms with Crippen LogP contribution in [0.5, 0.6) is 0 Å². The number of rotatable bonds is 1. The van der Waals surface area contributed by atoms with E-state index in [1.165, 1.54) is 16.5 Å². The minimum Gasteiger partial charge on any atom is -0.384 e. The highest BCUT2D eigenvalue weighted by molar-refractivity contribution is 7.10. The van der Waals surface area contributed by atoms with Crippen LogP contribution in [0.15, 0.2) is 35.7 Å². The van der Waals surface area contributed by atoms with Crippen molar-refractivity contribution < 1.29 is 4.39 Å². The maximum absolute atomic E-state index is 13.0. The zero-order chi connectivity index (χ0) is 11.0. The number of anilines is 1. The van der Waals surface area contributed by atoms with Crippen molar-refractivity contribution in [2.75, 3.05) is 11.9 Å². The number of fused-ring (bicyclic) bond motifs is 1. The average molecular weight is 233 g/mol. The van der Waals surface area contributed by atoms with Crippen molar-refractivity contribution in [3.8, 4) is 0 Å². The Morgan fingerprint density at radius 2 is 2.25 bits per heavy atom. The van der Waals surface area contributed by atoms with Crippen molar-refractivity contribution in [1.82, 2.24) is 0 Å². The van der Waals surface area contributed by atoms with Gasteiger partial charge in [-0.3, -0.25) is 0 Å². The van der Waals surface area contributed by atoms with Gasteiger partial charge in [0.15, 0.2) is 0 Å². The number of hydrogen-bond donors (Lipinski definition) is 1. The van der Waals surface area contributed by atoms with Gasteiger partial charge in [-0.1, -0.05) is 12.1 Å². The van der Waals surface area contributed by atoms with Gasteiger partial charge in [-0.05, 0) is 35.6 Å². The lowest BCUT2D eigenvalue weighted by Crippen LogP contribution is -2.20. The van der Waals surface area contributed by atoms with E-state index in [0.29, 0.717) is 5.92 Å². The Balaban J connectivity index is 1.89. The Morgan fingerprint density at radius 3 is 3.06 bits per heavy atom. The second-order valence-electron chi connectivity index (χ2n) is 4.10. The Hall–Kier alpha value is -1.35. The normalized spacial score (nSPS) is 18.9. The van der Waals surface area contributed by atoms with Crippen LogP contribution in [0.25, 0.3) is 0 Å². The molecule has 3 rings (SSSR count). The van der Waals surface area contributed by atoms with Gasteiger partial charge in [0.1, 0.15) is 5.82 Å². The van der Waals surface area contributed by atoms with Gasteiger partial charge in [0.25, 0.3) is 0 Å². The molecule has 0 saturated carbocycles. The Kier molecular flexibility index (Phi) is 2.40. The van der Waals surface area contributed by atoms with Crippen LogP contribution in [0.3, 0.4) is 0 Å². The van der Waals surface area contributed by atoms with E-state index in [4.69, 9.17) is 0 Å². The van der Waals surface area contributed by atoms with Crippen molar-refractivity contribution in [1.29, 1.82) is 0 Å². The van der Waals surface area contributed by atoms with E-state index in [1.807, 2.05) is 6.07 Å². The molecule has 0 radical (unpaired) electrons. The molecule has 1 aliphatic rings. The summed E-state index contributed by atoms with van der Waals surface area (Å²) in [5.41, 5.74) is 2.17. The fraction of sp³-hybridized carbons (Fsp3) is 0.231. The molecule has 1 nitrogen and oxygen atoms in total. The van der Waals surface area contributed by atoms with E-state index in [2.05, 4.69) is 22.8 Å². The third-order valence-corrected chi connectivity index (χ3v) is 4.06. The summed E-state index contributed by atoms with van der Waals surface area (Å²) in [6.07, 6.45) is 1.00. The van der Waals surface area contributed by atoms with Gasteiger partial charge >= 0.3 is 0 Å². The number of halogens is 1. The lowest BCUT2D eigenvalue weighted by molar-refractivity contribution is 0.623. The number of hydrogen-bond acceptors (Lipinski definition) is 2. The van der Waals surface area contributed by atoms with Crippen molar-refractivity contribution in [3.63, 3.8) is 0 Å². The number of benzene rings is 1. The van der Waals surface area contributed by atoms with Gasteiger partial charge in [-0.2, -0.15) is 0 Å². The predicted octanol–water partition coefficient (Wildman–Crippen LogP) is 3.64. The third kappa shape index (κ3) is 1.71. The molecule has 3 heteroatoms. The highest BCUT2D eigenvalue weighted by Gasteiger charge is 2.20. The monoisotopic (exact) mass is 233 g/mol. The minimum absolute atomic E-state index is 0.166. The number of nitrogens with one attached hydrogen (secondary N) is 1. The first-order valence-corrected chi connectivity index (χ1v) is 6.26. The molecule has 82 valence electrons. The SMILES string of the molecule is Fc1ccc2c(c1)NCC(c1cccs1)C2. The van der Waals surface area contributed by atoms with Gasteiger partial charge in [0, 0.05) is 23.0 Å². The summed E-state index contributed by atoms with van der Waals surface area (Å²) >= 11 is 1.79. The average Bonchev–Trinajstić information content (AvgIpc) is 2.82. The highest BCUT2D eigenvalue weighted by Crippen LogP contribution is 2.32. The van der Waals surface area contributed by atoms with E-state index >= 15 is 0 Å². The van der Waals surface area contributed by atoms with Crippen LogP contribution >= 0.6 is 11.3 Å². The molecule has 1 aromatic heterocycles. The zero-order valence-electron chi connectivity index (χ0n) is 8.74. The van der Waals surface area contributed by atoms with Crippen LogP contribution < -0.4 is 5.32 Å². The lowest BCUT2D eigenvalue weighted by Gasteiger charge is -2.25. The maximum atomic E-state index is 13.0. The van der Waals surface area contributed by atoms with Crippen LogP contribution in [-0.4, -0.2) is 6.54 Å². The summed E-state index contributed by atoms with van der Waals surface area (Å²) in [7, 11) is 0. The summed E-state index contributed by atoms with van der Waals surface area (Å²) in [5, 5.41) is 5.42. The van der Waals surface area contributed by atoms with Crippen molar-refractivity contribution in [2.24, 2.45) is 0 Å². The predicted molar refractivity (Wildman–Crippen MR) is 65.7 cm³/mol. The molecule has 0 spiro atoms. The summed E-state index contributed by atoms with van der Waals surface area (Å²) in [4.78, 5) is 1.41. The summed E-state index contributed by atoms with van der Waals surface area (Å²) in [6, 6.07) is 9.26. The molecule has 1 aromatic carbocycles. The topological polar surface area (TPSA) is 12.0 Å². The van der Waals surface area contributed by atoms with Crippen LogP contribution in [0.1, 0.15) is 16.4 Å². The van der Waals surface area contributed by atoms with Crippen LogP contribution in [0.4, 0.5) is 10.1 Å². The first kappa shape index (κ1) is 9.85. The van der Waals surface area contributed by atoms with Gasteiger partial charge < -0.3 is 5.32 Å². The summed E-state index contributed by atoms with van der Waals surface area (Å²) in [5.74, 6) is 0.360. The first-order valence-electron chi connectivity index (χ1n) is 5.38. The van der Waals surface area contributed by atoms with Gasteiger partial charge in [0.2, 0.25) is 0 Å². The van der Waals surface area contributed by atoms with Gasteiger partial charge in [-0.25, -0.2) is 4.39 Å². The van der Waals surface area contributed by atoms with Gasteiger partial charge in [-0.15, -0.1) is 11.3 Å². The maximum Gasteiger partial charge on any atom is 0.125 e. The molecule has 0 aliphatic carbocycles. The molecular weight excluding hydrogens is 221 g/mol. The summed E-state index contributed by atoms with van der Waals surface area (Å²) in [6.45, 7) is 0.900. The largest absolute Gasteiger partial charge is 0.384 e. The lowest BCUT2D eigenvalue weighted by atomic mass is 9.93. The highest BCUT2D eigenvalue weighted by atomic mass is 32.1. The molecule has 16 heavy (non-hydrogen) atoms. The van der Waals surface area contributed by atoms with E-state index < -0.39 is 0 Å². The van der Waals surface area contributed by atoms with Gasteiger partial charge in [0.05, 0.1) is 0 Å². The van der Waals surface area contributed by atoms with Crippen molar-refractivity contribution >= 4 is 17.0 Å². The zero-order valence-corrected chi connectivity index (χ0v) is 9.56. The van der Waals surface area contributed by atoms with Crippen molar-refractivity contribution in [3.05, 3.63) is 52.0 Å². The molecule has 0 saturated heterocycles. The molecule has 1 N–H and O–H groups in total. The molecular formula is C13H12FNS. The van der Waals surface area contributed by atoms with E-state index in [9.17, 15) is 4.39 Å². The molecule has 0 amide bonds. The Labute approximate surface area is 97.9 Å². The molecule has 0 fully saturated rings.